The average Bonchev–Trinajstić information content (AvgIpc) is 2.57. The van der Waals surface area contributed by atoms with Crippen molar-refractivity contribution >= 4 is 0 Å². The van der Waals surface area contributed by atoms with E-state index in [1.54, 1.807) is 0 Å². The van der Waals surface area contributed by atoms with E-state index in [1.165, 1.54) is 38.5 Å². The quantitative estimate of drug-likeness (QED) is 0.710. The van der Waals surface area contributed by atoms with Gasteiger partial charge >= 0.3 is 0 Å². The smallest absolute Gasteiger partial charge is 0.0495 e. The minimum atomic E-state index is 0.487. The van der Waals surface area contributed by atoms with Crippen LogP contribution >= 0.6 is 0 Å². The molecule has 2 nitrogen and oxygen atoms in total. The first-order valence-corrected chi connectivity index (χ1v) is 5.68. The van der Waals surface area contributed by atoms with Crippen molar-refractivity contribution in [2.45, 2.75) is 44.6 Å². The van der Waals surface area contributed by atoms with Crippen LogP contribution in [0.2, 0.25) is 0 Å². The summed E-state index contributed by atoms with van der Waals surface area (Å²) in [7, 11) is 0. The van der Waals surface area contributed by atoms with Crippen LogP contribution in [0.25, 0.3) is 0 Å². The van der Waals surface area contributed by atoms with Gasteiger partial charge in [-0.15, -0.1) is 0 Å². The fraction of sp³-hybridized carbons (Fsp3) is 1.00. The summed E-state index contributed by atoms with van der Waals surface area (Å²) >= 11 is 0. The molecule has 0 aromatic carbocycles. The lowest BCUT2D eigenvalue weighted by atomic mass is 9.80. The molecular formula is C11H21NO. The van der Waals surface area contributed by atoms with Crippen molar-refractivity contribution in [3.8, 4) is 0 Å². The van der Waals surface area contributed by atoms with Crippen molar-refractivity contribution < 1.29 is 4.74 Å². The molecule has 1 heterocycles. The topological polar surface area (TPSA) is 35.2 Å². The molecule has 0 aromatic rings. The van der Waals surface area contributed by atoms with Gasteiger partial charge < -0.3 is 10.5 Å². The molecule has 1 aliphatic heterocycles. The van der Waals surface area contributed by atoms with E-state index in [1.807, 2.05) is 0 Å². The van der Waals surface area contributed by atoms with E-state index < -0.39 is 0 Å². The molecule has 76 valence electrons. The van der Waals surface area contributed by atoms with Gasteiger partial charge in [0, 0.05) is 19.3 Å². The Labute approximate surface area is 80.8 Å². The van der Waals surface area contributed by atoms with Crippen LogP contribution in [0.5, 0.6) is 0 Å². The van der Waals surface area contributed by atoms with Crippen molar-refractivity contribution in [2.24, 2.45) is 17.6 Å². The molecule has 0 radical (unpaired) electrons. The predicted molar refractivity (Wildman–Crippen MR) is 53.5 cm³/mol. The summed E-state index contributed by atoms with van der Waals surface area (Å²) in [4.78, 5) is 0. The summed E-state index contributed by atoms with van der Waals surface area (Å²) in [5, 5.41) is 0. The van der Waals surface area contributed by atoms with Crippen LogP contribution < -0.4 is 5.73 Å². The maximum atomic E-state index is 5.97. The Kier molecular flexibility index (Phi) is 3.23. The van der Waals surface area contributed by atoms with Crippen LogP contribution in [0.3, 0.4) is 0 Å². The van der Waals surface area contributed by atoms with Gasteiger partial charge in [0.1, 0.15) is 0 Å². The van der Waals surface area contributed by atoms with E-state index in [2.05, 4.69) is 0 Å². The molecular weight excluding hydrogens is 162 g/mol. The maximum absolute atomic E-state index is 5.97. The van der Waals surface area contributed by atoms with Crippen molar-refractivity contribution in [2.75, 3.05) is 13.2 Å². The number of hydrogen-bond acceptors (Lipinski definition) is 2. The second-order valence-electron chi connectivity index (χ2n) is 4.76. The highest BCUT2D eigenvalue weighted by Gasteiger charge is 2.24. The monoisotopic (exact) mass is 183 g/mol. The van der Waals surface area contributed by atoms with Gasteiger partial charge in [-0.3, -0.25) is 0 Å². The Morgan fingerprint density at radius 2 is 2.08 bits per heavy atom. The highest BCUT2D eigenvalue weighted by atomic mass is 16.5. The van der Waals surface area contributed by atoms with Crippen molar-refractivity contribution in [1.82, 2.24) is 0 Å². The van der Waals surface area contributed by atoms with Gasteiger partial charge in [-0.2, -0.15) is 0 Å². The molecule has 2 aliphatic rings. The molecule has 0 aromatic heterocycles. The molecule has 2 heteroatoms. The first-order valence-electron chi connectivity index (χ1n) is 5.68. The van der Waals surface area contributed by atoms with Gasteiger partial charge in [0.2, 0.25) is 0 Å². The van der Waals surface area contributed by atoms with E-state index >= 15 is 0 Å². The Morgan fingerprint density at radius 1 is 1.15 bits per heavy atom. The second kappa shape index (κ2) is 4.43. The Bertz CT molecular complexity index is 154. The van der Waals surface area contributed by atoms with Crippen LogP contribution in [-0.2, 0) is 4.74 Å². The van der Waals surface area contributed by atoms with Crippen LogP contribution in [0.4, 0.5) is 0 Å². The van der Waals surface area contributed by atoms with Gasteiger partial charge in [-0.1, -0.05) is 12.8 Å². The fourth-order valence-corrected chi connectivity index (χ4v) is 2.79. The molecule has 2 N–H and O–H groups in total. The Morgan fingerprint density at radius 3 is 2.77 bits per heavy atom. The molecule has 3 atom stereocenters. The standard InChI is InChI=1S/C11H21NO/c12-11-3-1-2-9(7-11)6-10-4-5-13-8-10/h9-11H,1-8,12H2. The maximum Gasteiger partial charge on any atom is 0.0495 e. The summed E-state index contributed by atoms with van der Waals surface area (Å²) in [6.07, 6.45) is 7.91. The van der Waals surface area contributed by atoms with Crippen LogP contribution in [-0.4, -0.2) is 19.3 Å². The summed E-state index contributed by atoms with van der Waals surface area (Å²) in [5.74, 6) is 1.74. The van der Waals surface area contributed by atoms with Gasteiger partial charge in [0.05, 0.1) is 0 Å². The lowest BCUT2D eigenvalue weighted by Gasteiger charge is -2.28. The molecule has 0 amide bonds. The van der Waals surface area contributed by atoms with Crippen LogP contribution in [0.15, 0.2) is 0 Å². The average molecular weight is 183 g/mol. The van der Waals surface area contributed by atoms with E-state index in [-0.39, 0.29) is 0 Å². The summed E-state index contributed by atoms with van der Waals surface area (Å²) in [6.45, 7) is 2.00. The van der Waals surface area contributed by atoms with E-state index in [0.717, 1.165) is 25.0 Å². The third-order valence-corrected chi connectivity index (χ3v) is 3.51. The van der Waals surface area contributed by atoms with Crippen molar-refractivity contribution in [3.63, 3.8) is 0 Å². The Hall–Kier alpha value is -0.0800. The molecule has 3 unspecified atom stereocenters. The highest BCUT2D eigenvalue weighted by Crippen LogP contribution is 2.31. The van der Waals surface area contributed by atoms with Gasteiger partial charge in [-0.25, -0.2) is 0 Å². The zero-order chi connectivity index (χ0) is 9.10. The molecule has 1 saturated carbocycles. The van der Waals surface area contributed by atoms with Crippen molar-refractivity contribution in [1.29, 1.82) is 0 Å². The number of nitrogens with two attached hydrogens (primary N) is 1. The lowest BCUT2D eigenvalue weighted by Crippen LogP contribution is -2.28. The van der Waals surface area contributed by atoms with E-state index in [9.17, 15) is 0 Å². The molecule has 0 spiro atoms. The minimum absolute atomic E-state index is 0.487. The fourth-order valence-electron chi connectivity index (χ4n) is 2.79. The summed E-state index contributed by atoms with van der Waals surface area (Å²) in [6, 6.07) is 0.487. The second-order valence-corrected chi connectivity index (χ2v) is 4.76. The van der Waals surface area contributed by atoms with E-state index in [4.69, 9.17) is 10.5 Å². The first-order chi connectivity index (χ1) is 6.34. The van der Waals surface area contributed by atoms with Gasteiger partial charge in [-0.05, 0) is 37.5 Å². The molecule has 2 rings (SSSR count). The van der Waals surface area contributed by atoms with Crippen molar-refractivity contribution in [3.05, 3.63) is 0 Å². The zero-order valence-electron chi connectivity index (χ0n) is 8.37. The number of hydrogen-bond donors (Lipinski definition) is 1. The lowest BCUT2D eigenvalue weighted by molar-refractivity contribution is 0.174. The van der Waals surface area contributed by atoms with Gasteiger partial charge in [0.25, 0.3) is 0 Å². The number of rotatable bonds is 2. The largest absolute Gasteiger partial charge is 0.381 e. The highest BCUT2D eigenvalue weighted by molar-refractivity contribution is 4.78. The first kappa shape index (κ1) is 9.47. The summed E-state index contributed by atoms with van der Waals surface area (Å²) < 4.78 is 5.39. The third-order valence-electron chi connectivity index (χ3n) is 3.51. The number of ether oxygens (including phenoxy) is 1. The van der Waals surface area contributed by atoms with Crippen LogP contribution in [0, 0.1) is 11.8 Å². The van der Waals surface area contributed by atoms with Gasteiger partial charge in [0.15, 0.2) is 0 Å². The minimum Gasteiger partial charge on any atom is -0.381 e. The Balaban J connectivity index is 1.73. The molecule has 0 bridgehead atoms. The molecule has 13 heavy (non-hydrogen) atoms. The molecule has 1 aliphatic carbocycles. The molecule has 2 fully saturated rings. The SMILES string of the molecule is NC1CCCC(CC2CCOC2)C1. The predicted octanol–water partition coefficient (Wildman–Crippen LogP) is 1.93. The normalized spacial score (nSPS) is 40.8. The van der Waals surface area contributed by atoms with E-state index in [0.29, 0.717) is 6.04 Å². The summed E-state index contributed by atoms with van der Waals surface area (Å²) in [5.41, 5.74) is 5.97. The van der Waals surface area contributed by atoms with Crippen LogP contribution in [0.1, 0.15) is 38.5 Å². The third kappa shape index (κ3) is 2.68. The molecule has 1 saturated heterocycles. The zero-order valence-corrected chi connectivity index (χ0v) is 8.37.